The number of carbonyl (C=O) groups is 3. The molecule has 2 heterocycles. The first-order valence-corrected chi connectivity index (χ1v) is 12.0. The Bertz CT molecular complexity index is 1090. The number of amides is 1. The van der Waals surface area contributed by atoms with Crippen molar-refractivity contribution in [3.05, 3.63) is 70.2 Å². The number of Topliss-reactive ketones (excluding diaryl/α,β-unsaturated/α-hetero) is 1. The average Bonchev–Trinajstić information content (AvgIpc) is 3.01. The molecule has 166 valence electrons. The summed E-state index contributed by atoms with van der Waals surface area (Å²) in [7, 11) is 0. The third-order valence-electron chi connectivity index (χ3n) is 5.57. The minimum Gasteiger partial charge on any atom is -0.454 e. The van der Waals surface area contributed by atoms with E-state index >= 15 is 0 Å². The van der Waals surface area contributed by atoms with E-state index in [1.807, 2.05) is 44.2 Å². The molecule has 0 bridgehead atoms. The van der Waals surface area contributed by atoms with E-state index in [2.05, 4.69) is 20.9 Å². The van der Waals surface area contributed by atoms with Crippen molar-refractivity contribution < 1.29 is 19.1 Å². The van der Waals surface area contributed by atoms with Gasteiger partial charge in [0.05, 0.1) is 4.75 Å². The molecule has 0 unspecified atom stereocenters. The van der Waals surface area contributed by atoms with Gasteiger partial charge in [0.25, 0.3) is 0 Å². The third-order valence-corrected chi connectivity index (χ3v) is 8.27. The Kier molecular flexibility index (Phi) is 6.22. The summed E-state index contributed by atoms with van der Waals surface area (Å²) >= 11 is 10.9. The van der Waals surface area contributed by atoms with E-state index in [1.165, 1.54) is 16.7 Å². The van der Waals surface area contributed by atoms with Crippen LogP contribution >= 0.6 is 39.3 Å². The molecule has 0 spiro atoms. The number of esters is 1. The second kappa shape index (κ2) is 8.65. The summed E-state index contributed by atoms with van der Waals surface area (Å²) in [4.78, 5) is 44.7. The van der Waals surface area contributed by atoms with Gasteiger partial charge >= 0.3 is 5.97 Å². The van der Waals surface area contributed by atoms with E-state index < -0.39 is 33.7 Å². The smallest absolute Gasteiger partial charge is 0.357 e. The molecule has 0 saturated carbocycles. The number of hydrogen-bond donors (Lipinski definition) is 0. The second-order valence-electron chi connectivity index (χ2n) is 7.98. The fourth-order valence-electron chi connectivity index (χ4n) is 3.83. The number of ketones is 1. The van der Waals surface area contributed by atoms with Gasteiger partial charge in [-0.15, -0.1) is 23.4 Å². The average molecular weight is 536 g/mol. The van der Waals surface area contributed by atoms with Crippen molar-refractivity contribution in [2.45, 2.75) is 35.0 Å². The van der Waals surface area contributed by atoms with Crippen molar-refractivity contribution in [1.29, 1.82) is 0 Å². The van der Waals surface area contributed by atoms with Crippen LogP contribution in [0.25, 0.3) is 0 Å². The maximum Gasteiger partial charge on any atom is 0.357 e. The number of nitrogens with zero attached hydrogens (tertiary/aromatic N) is 2. The first-order valence-electron chi connectivity index (χ1n) is 9.89. The second-order valence-corrected chi connectivity index (χ2v) is 11.1. The zero-order chi connectivity index (χ0) is 23.1. The number of halogens is 2. The summed E-state index contributed by atoms with van der Waals surface area (Å²) < 4.78 is 5.47. The molecule has 2 aliphatic rings. The first-order chi connectivity index (χ1) is 15.2. The van der Waals surface area contributed by atoms with Crippen LogP contribution in [0, 0.1) is 0 Å². The molecule has 2 fully saturated rings. The largest absolute Gasteiger partial charge is 0.454 e. The van der Waals surface area contributed by atoms with E-state index in [0.717, 1.165) is 10.0 Å². The number of hydrogen-bond acceptors (Lipinski definition) is 6. The van der Waals surface area contributed by atoms with Crippen LogP contribution in [0.1, 0.15) is 29.8 Å². The summed E-state index contributed by atoms with van der Waals surface area (Å²) in [6.45, 7) is 3.20. The SMILES string of the molecule is CC1(C)S[C@@H]2[C@H](Cl)C(=O)N2[C@@]1(N=Cc1ccccc1)C(=O)OCC(=O)c1ccc(Br)cc1. The van der Waals surface area contributed by atoms with Crippen molar-refractivity contribution in [2.24, 2.45) is 4.99 Å². The standard InChI is InChI=1S/C23H20BrClN2O4S/c1-22(2)23(26-12-14-6-4-3-5-7-14,27-19(29)18(25)20(27)32-22)21(30)31-13-17(28)15-8-10-16(24)11-9-15/h3-12,18,20H,13H2,1-2H3/t18-,20-,23+/m1/s1. The Morgan fingerprint density at radius 2 is 1.84 bits per heavy atom. The number of ether oxygens (including phenoxy) is 1. The van der Waals surface area contributed by atoms with Gasteiger partial charge in [0.1, 0.15) is 10.8 Å². The lowest BCUT2D eigenvalue weighted by Crippen LogP contribution is -2.70. The van der Waals surface area contributed by atoms with Crippen molar-refractivity contribution in [3.8, 4) is 0 Å². The molecule has 9 heteroatoms. The lowest BCUT2D eigenvalue weighted by atomic mass is 9.90. The van der Waals surface area contributed by atoms with Crippen molar-refractivity contribution in [3.63, 3.8) is 0 Å². The Morgan fingerprint density at radius 3 is 2.50 bits per heavy atom. The van der Waals surface area contributed by atoms with Crippen molar-refractivity contribution in [1.82, 2.24) is 4.90 Å². The number of thioether (sulfide) groups is 1. The monoisotopic (exact) mass is 534 g/mol. The summed E-state index contributed by atoms with van der Waals surface area (Å²) in [6.07, 6.45) is 1.55. The fraction of sp³-hybridized carbons (Fsp3) is 0.304. The summed E-state index contributed by atoms with van der Waals surface area (Å²) in [6, 6.07) is 16.0. The van der Waals surface area contributed by atoms with Crippen molar-refractivity contribution in [2.75, 3.05) is 6.61 Å². The van der Waals surface area contributed by atoms with Gasteiger partial charge in [0.2, 0.25) is 11.6 Å². The molecule has 0 radical (unpaired) electrons. The van der Waals surface area contributed by atoms with Gasteiger partial charge in [-0.05, 0) is 31.5 Å². The van der Waals surface area contributed by atoms with Crippen LogP contribution in [0.3, 0.4) is 0 Å². The Labute approximate surface area is 203 Å². The normalized spacial score (nSPS) is 26.0. The molecule has 6 nitrogen and oxygen atoms in total. The molecular weight excluding hydrogens is 516 g/mol. The van der Waals surface area contributed by atoms with Gasteiger partial charge < -0.3 is 4.74 Å². The highest BCUT2D eigenvalue weighted by Gasteiger charge is 2.73. The summed E-state index contributed by atoms with van der Waals surface area (Å²) in [5, 5.41) is -1.13. The Hall–Kier alpha value is -2.16. The maximum atomic E-state index is 13.5. The number of rotatable bonds is 6. The summed E-state index contributed by atoms with van der Waals surface area (Å²) in [5.41, 5.74) is -0.451. The number of benzene rings is 2. The van der Waals surface area contributed by atoms with Gasteiger partial charge in [-0.1, -0.05) is 58.4 Å². The number of fused-ring (bicyclic) bond motifs is 1. The Balaban J connectivity index is 1.64. The maximum absolute atomic E-state index is 13.5. The van der Waals surface area contributed by atoms with Crippen LogP contribution in [-0.2, 0) is 14.3 Å². The molecule has 1 amide bonds. The van der Waals surface area contributed by atoms with Crippen LogP contribution in [0.15, 0.2) is 64.1 Å². The van der Waals surface area contributed by atoms with Crippen LogP contribution in [0.4, 0.5) is 0 Å². The molecule has 4 rings (SSSR count). The minimum atomic E-state index is -1.64. The van der Waals surface area contributed by atoms with Gasteiger partial charge in [-0.2, -0.15) is 0 Å². The van der Waals surface area contributed by atoms with Crippen LogP contribution in [0.2, 0.25) is 0 Å². The summed E-state index contributed by atoms with van der Waals surface area (Å²) in [5.74, 6) is -1.48. The van der Waals surface area contributed by atoms with Gasteiger partial charge in [0.15, 0.2) is 12.4 Å². The lowest BCUT2D eigenvalue weighted by Gasteiger charge is -2.46. The van der Waals surface area contributed by atoms with Crippen LogP contribution in [-0.4, -0.2) is 56.5 Å². The van der Waals surface area contributed by atoms with Crippen LogP contribution < -0.4 is 0 Å². The Morgan fingerprint density at radius 1 is 1.19 bits per heavy atom. The molecular formula is C23H20BrClN2O4S. The topological polar surface area (TPSA) is 76.0 Å². The number of β-lactam (4-membered cyclic amide) rings is 1. The van der Waals surface area contributed by atoms with Gasteiger partial charge in [0, 0.05) is 16.3 Å². The minimum absolute atomic E-state index is 0.349. The molecule has 2 aromatic carbocycles. The zero-order valence-corrected chi connectivity index (χ0v) is 20.5. The quantitative estimate of drug-likeness (QED) is 0.181. The number of carbonyl (C=O) groups excluding carboxylic acids is 3. The van der Waals surface area contributed by atoms with E-state index in [1.54, 1.807) is 30.5 Å². The molecule has 32 heavy (non-hydrogen) atoms. The highest BCUT2D eigenvalue weighted by atomic mass is 79.9. The van der Waals surface area contributed by atoms with Gasteiger partial charge in [-0.3, -0.25) is 19.5 Å². The number of alkyl halides is 1. The molecule has 0 aliphatic carbocycles. The molecule has 2 saturated heterocycles. The molecule has 0 N–H and O–H groups in total. The molecule has 2 aromatic rings. The molecule has 3 atom stereocenters. The highest BCUT2D eigenvalue weighted by Crippen LogP contribution is 2.58. The van der Waals surface area contributed by atoms with Crippen molar-refractivity contribution >= 4 is 63.2 Å². The van der Waals surface area contributed by atoms with Gasteiger partial charge in [-0.25, -0.2) is 4.79 Å². The fourth-order valence-corrected chi connectivity index (χ4v) is 6.07. The van der Waals surface area contributed by atoms with E-state index in [-0.39, 0.29) is 11.7 Å². The van der Waals surface area contributed by atoms with Crippen LogP contribution in [0.5, 0.6) is 0 Å². The van der Waals surface area contributed by atoms with E-state index in [4.69, 9.17) is 16.3 Å². The predicted octanol–water partition coefficient (Wildman–Crippen LogP) is 4.29. The lowest BCUT2D eigenvalue weighted by molar-refractivity contribution is -0.170. The number of aliphatic imine (C=N–C) groups is 1. The first kappa shape index (κ1) is 23.0. The molecule has 2 aliphatic heterocycles. The molecule has 0 aromatic heterocycles. The highest BCUT2D eigenvalue weighted by molar-refractivity contribution is 9.10. The predicted molar refractivity (Wildman–Crippen MR) is 128 cm³/mol. The third kappa shape index (κ3) is 3.78. The van der Waals surface area contributed by atoms with E-state index in [9.17, 15) is 14.4 Å². The zero-order valence-electron chi connectivity index (χ0n) is 17.3. The van der Waals surface area contributed by atoms with E-state index in [0.29, 0.717) is 5.56 Å².